The molecule has 0 aromatic carbocycles. The summed E-state index contributed by atoms with van der Waals surface area (Å²) >= 11 is 5.48. The Morgan fingerprint density at radius 3 is 3.00 bits per heavy atom. The predicted octanol–water partition coefficient (Wildman–Crippen LogP) is 3.85. The molecule has 0 spiro atoms. The minimum atomic E-state index is 0.699. The summed E-state index contributed by atoms with van der Waals surface area (Å²) in [7, 11) is 0. The van der Waals surface area contributed by atoms with Crippen molar-refractivity contribution < 1.29 is 0 Å². The number of thiophene rings is 1. The van der Waals surface area contributed by atoms with Crippen LogP contribution in [0.4, 0.5) is 0 Å². The van der Waals surface area contributed by atoms with E-state index in [0.717, 1.165) is 0 Å². The average Bonchev–Trinajstić information content (AvgIpc) is 2.52. The van der Waals surface area contributed by atoms with E-state index in [4.69, 9.17) is 0 Å². The maximum atomic E-state index is 3.63. The molecule has 2 heteroatoms. The molecule has 0 fully saturated rings. The van der Waals surface area contributed by atoms with Crippen LogP contribution >= 0.6 is 27.3 Å². The molecule has 0 nitrogen and oxygen atoms in total. The lowest BCUT2D eigenvalue weighted by atomic mass is 10.2. The average molecular weight is 233 g/mol. The van der Waals surface area contributed by atoms with E-state index >= 15 is 0 Å². The van der Waals surface area contributed by atoms with E-state index < -0.39 is 0 Å². The molecule has 0 N–H and O–H groups in total. The number of halogens is 1. The van der Waals surface area contributed by atoms with Gasteiger partial charge in [0, 0.05) is 9.70 Å². The molecule has 0 bridgehead atoms. The summed E-state index contributed by atoms with van der Waals surface area (Å²) in [4.78, 5) is 2.20. The lowest BCUT2D eigenvalue weighted by Crippen LogP contribution is -1.96. The number of alkyl halides is 1. The van der Waals surface area contributed by atoms with Crippen molar-refractivity contribution in [3.05, 3.63) is 22.4 Å². The lowest BCUT2D eigenvalue weighted by Gasteiger charge is -2.03. The highest BCUT2D eigenvalue weighted by Gasteiger charge is 2.01. The van der Waals surface area contributed by atoms with Gasteiger partial charge in [0.05, 0.1) is 0 Å². The van der Waals surface area contributed by atoms with E-state index in [2.05, 4.69) is 40.4 Å². The topological polar surface area (TPSA) is 0 Å². The summed E-state index contributed by atoms with van der Waals surface area (Å²) < 4.78 is 0. The SMILES string of the molecule is CCC(Br)CCc1cccs1. The predicted molar refractivity (Wildman–Crippen MR) is 55.6 cm³/mol. The molecular formula is C9H13BrS. The van der Waals surface area contributed by atoms with Gasteiger partial charge in [-0.25, -0.2) is 0 Å². The van der Waals surface area contributed by atoms with Gasteiger partial charge < -0.3 is 0 Å². The second-order valence-electron chi connectivity index (χ2n) is 2.62. The molecule has 0 aliphatic rings. The van der Waals surface area contributed by atoms with Gasteiger partial charge in [-0.2, -0.15) is 0 Å². The van der Waals surface area contributed by atoms with E-state index in [-0.39, 0.29) is 0 Å². The lowest BCUT2D eigenvalue weighted by molar-refractivity contribution is 0.752. The minimum Gasteiger partial charge on any atom is -0.149 e. The van der Waals surface area contributed by atoms with Gasteiger partial charge in [0.2, 0.25) is 0 Å². The Labute approximate surface area is 80.8 Å². The van der Waals surface area contributed by atoms with Crippen LogP contribution in [-0.2, 0) is 6.42 Å². The first kappa shape index (κ1) is 9.27. The summed E-state index contributed by atoms with van der Waals surface area (Å²) in [6.45, 7) is 2.22. The van der Waals surface area contributed by atoms with Gasteiger partial charge in [0.15, 0.2) is 0 Å². The number of aryl methyl sites for hydroxylation is 1. The van der Waals surface area contributed by atoms with Crippen LogP contribution in [0.25, 0.3) is 0 Å². The van der Waals surface area contributed by atoms with Gasteiger partial charge in [0.1, 0.15) is 0 Å². The van der Waals surface area contributed by atoms with Gasteiger partial charge in [0.25, 0.3) is 0 Å². The Hall–Kier alpha value is 0.180. The third-order valence-electron chi connectivity index (χ3n) is 1.73. The van der Waals surface area contributed by atoms with Crippen molar-refractivity contribution in [2.24, 2.45) is 0 Å². The zero-order valence-electron chi connectivity index (χ0n) is 6.72. The summed E-state index contributed by atoms with van der Waals surface area (Å²) in [5.74, 6) is 0. The normalized spacial score (nSPS) is 13.3. The van der Waals surface area contributed by atoms with Crippen molar-refractivity contribution in [1.29, 1.82) is 0 Å². The van der Waals surface area contributed by atoms with Crippen molar-refractivity contribution in [2.75, 3.05) is 0 Å². The molecule has 1 aromatic rings. The molecule has 1 rings (SSSR count). The second-order valence-corrected chi connectivity index (χ2v) is 4.95. The van der Waals surface area contributed by atoms with Gasteiger partial charge in [-0.3, -0.25) is 0 Å². The summed E-state index contributed by atoms with van der Waals surface area (Å²) in [5, 5.41) is 2.14. The van der Waals surface area contributed by atoms with E-state index in [1.54, 1.807) is 0 Å². The van der Waals surface area contributed by atoms with Gasteiger partial charge in [-0.05, 0) is 30.7 Å². The molecule has 0 saturated carbocycles. The van der Waals surface area contributed by atoms with Gasteiger partial charge >= 0.3 is 0 Å². The van der Waals surface area contributed by atoms with Crippen LogP contribution in [0.15, 0.2) is 17.5 Å². The van der Waals surface area contributed by atoms with Crippen molar-refractivity contribution in [3.63, 3.8) is 0 Å². The zero-order valence-corrected chi connectivity index (χ0v) is 9.12. The first-order valence-corrected chi connectivity index (χ1v) is 5.79. The van der Waals surface area contributed by atoms with Crippen molar-refractivity contribution in [3.8, 4) is 0 Å². The van der Waals surface area contributed by atoms with Crippen LogP contribution in [0.2, 0.25) is 0 Å². The van der Waals surface area contributed by atoms with Crippen molar-refractivity contribution >= 4 is 27.3 Å². The second kappa shape index (κ2) is 4.94. The minimum absolute atomic E-state index is 0.699. The Morgan fingerprint density at radius 2 is 2.45 bits per heavy atom. The van der Waals surface area contributed by atoms with Crippen molar-refractivity contribution in [1.82, 2.24) is 0 Å². The maximum Gasteiger partial charge on any atom is 0.0146 e. The van der Waals surface area contributed by atoms with E-state index in [1.165, 1.54) is 24.1 Å². The first-order valence-electron chi connectivity index (χ1n) is 3.99. The molecular weight excluding hydrogens is 220 g/mol. The van der Waals surface area contributed by atoms with Crippen LogP contribution in [-0.4, -0.2) is 4.83 Å². The van der Waals surface area contributed by atoms with E-state index in [9.17, 15) is 0 Å². The van der Waals surface area contributed by atoms with Gasteiger partial charge in [-0.1, -0.05) is 28.9 Å². The molecule has 11 heavy (non-hydrogen) atoms. The standard InChI is InChI=1S/C9H13BrS/c1-2-8(10)5-6-9-4-3-7-11-9/h3-4,7-8H,2,5-6H2,1H3. The molecule has 0 radical (unpaired) electrons. The molecule has 1 unspecified atom stereocenters. The Balaban J connectivity index is 2.23. The van der Waals surface area contributed by atoms with Crippen LogP contribution in [0, 0.1) is 0 Å². The highest BCUT2D eigenvalue weighted by Crippen LogP contribution is 2.16. The Kier molecular flexibility index (Phi) is 4.16. The van der Waals surface area contributed by atoms with Crippen LogP contribution in [0.1, 0.15) is 24.6 Å². The first-order chi connectivity index (χ1) is 5.33. The zero-order chi connectivity index (χ0) is 8.10. The Bertz CT molecular complexity index is 181. The van der Waals surface area contributed by atoms with Gasteiger partial charge in [-0.15, -0.1) is 11.3 Å². The quantitative estimate of drug-likeness (QED) is 0.693. The molecule has 0 amide bonds. The maximum absolute atomic E-state index is 3.63. The van der Waals surface area contributed by atoms with E-state index in [0.29, 0.717) is 4.83 Å². The molecule has 0 saturated heterocycles. The van der Waals surface area contributed by atoms with Crippen LogP contribution in [0.5, 0.6) is 0 Å². The molecule has 0 aliphatic heterocycles. The number of hydrogen-bond donors (Lipinski definition) is 0. The summed E-state index contributed by atoms with van der Waals surface area (Å²) in [5.41, 5.74) is 0. The highest BCUT2D eigenvalue weighted by molar-refractivity contribution is 9.09. The third kappa shape index (κ3) is 3.39. The Morgan fingerprint density at radius 1 is 1.64 bits per heavy atom. The summed E-state index contributed by atoms with van der Waals surface area (Å²) in [6, 6.07) is 4.33. The van der Waals surface area contributed by atoms with Crippen LogP contribution in [0.3, 0.4) is 0 Å². The fourth-order valence-corrected chi connectivity index (χ4v) is 1.91. The molecule has 62 valence electrons. The molecule has 1 heterocycles. The number of rotatable bonds is 4. The third-order valence-corrected chi connectivity index (χ3v) is 3.77. The van der Waals surface area contributed by atoms with E-state index in [1.807, 2.05) is 11.3 Å². The highest BCUT2D eigenvalue weighted by atomic mass is 79.9. The molecule has 1 atom stereocenters. The fraction of sp³-hybridized carbons (Fsp3) is 0.556. The molecule has 1 aromatic heterocycles. The number of hydrogen-bond acceptors (Lipinski definition) is 1. The smallest absolute Gasteiger partial charge is 0.0146 e. The largest absolute Gasteiger partial charge is 0.149 e. The van der Waals surface area contributed by atoms with Crippen molar-refractivity contribution in [2.45, 2.75) is 31.0 Å². The molecule has 0 aliphatic carbocycles. The van der Waals surface area contributed by atoms with Crippen LogP contribution < -0.4 is 0 Å². The summed E-state index contributed by atoms with van der Waals surface area (Å²) in [6.07, 6.45) is 3.71. The fourth-order valence-electron chi connectivity index (χ4n) is 0.958. The monoisotopic (exact) mass is 232 g/mol.